The maximum Gasteiger partial charge on any atom is 0.302 e. The number of allylic oxidation sites excluding steroid dienone is 2. The Hall–Kier alpha value is -1.35. The standard InChI is InChI=1S/C16H24O2Si/c1-5-9-15(12-13-18-14(2)17)19(3,4)16-10-7-6-8-11-16/h5-11,15H,12-13H2,1-4H3/b9-5+/t15-/m1/s1. The molecule has 104 valence electrons. The third-order valence-corrected chi connectivity index (χ3v) is 7.76. The lowest BCUT2D eigenvalue weighted by molar-refractivity contribution is -0.141. The molecule has 0 fully saturated rings. The second-order valence-electron chi connectivity index (χ2n) is 5.35. The molecule has 0 aromatic heterocycles. The molecule has 1 rings (SSSR count). The molecule has 0 spiro atoms. The zero-order valence-electron chi connectivity index (χ0n) is 12.3. The van der Waals surface area contributed by atoms with E-state index in [1.54, 1.807) is 0 Å². The normalized spacial score (nSPS) is 13.5. The van der Waals surface area contributed by atoms with Crippen molar-refractivity contribution in [3.8, 4) is 0 Å². The van der Waals surface area contributed by atoms with E-state index in [0.29, 0.717) is 12.1 Å². The van der Waals surface area contributed by atoms with Crippen LogP contribution in [0.4, 0.5) is 0 Å². The molecule has 0 N–H and O–H groups in total. The fourth-order valence-corrected chi connectivity index (χ4v) is 5.33. The Morgan fingerprint density at radius 1 is 1.32 bits per heavy atom. The van der Waals surface area contributed by atoms with Crippen molar-refractivity contribution < 1.29 is 9.53 Å². The molecule has 0 heterocycles. The van der Waals surface area contributed by atoms with Crippen LogP contribution in [-0.2, 0) is 9.53 Å². The molecule has 0 saturated carbocycles. The van der Waals surface area contributed by atoms with Crippen molar-refractivity contribution in [3.63, 3.8) is 0 Å². The van der Waals surface area contributed by atoms with Crippen molar-refractivity contribution in [1.82, 2.24) is 0 Å². The average Bonchev–Trinajstić information content (AvgIpc) is 2.38. The highest BCUT2D eigenvalue weighted by Gasteiger charge is 2.31. The van der Waals surface area contributed by atoms with Gasteiger partial charge in [0.25, 0.3) is 0 Å². The summed E-state index contributed by atoms with van der Waals surface area (Å²) in [6, 6.07) is 10.7. The van der Waals surface area contributed by atoms with Crippen LogP contribution in [0, 0.1) is 0 Å². The predicted octanol–water partition coefficient (Wildman–Crippen LogP) is 3.50. The van der Waals surface area contributed by atoms with Gasteiger partial charge in [-0.2, -0.15) is 0 Å². The van der Waals surface area contributed by atoms with Crippen molar-refractivity contribution in [1.29, 1.82) is 0 Å². The zero-order chi connectivity index (χ0) is 14.3. The molecule has 0 radical (unpaired) electrons. The van der Waals surface area contributed by atoms with Crippen molar-refractivity contribution in [2.24, 2.45) is 0 Å². The van der Waals surface area contributed by atoms with E-state index in [4.69, 9.17) is 4.74 Å². The Labute approximate surface area is 117 Å². The van der Waals surface area contributed by atoms with Gasteiger partial charge in [-0.15, -0.1) is 0 Å². The van der Waals surface area contributed by atoms with Crippen LogP contribution in [0.25, 0.3) is 0 Å². The van der Waals surface area contributed by atoms with Gasteiger partial charge in [0.1, 0.15) is 0 Å². The van der Waals surface area contributed by atoms with Gasteiger partial charge in [0, 0.05) is 6.92 Å². The average molecular weight is 276 g/mol. The van der Waals surface area contributed by atoms with Crippen LogP contribution < -0.4 is 5.19 Å². The molecule has 0 bridgehead atoms. The van der Waals surface area contributed by atoms with Crippen molar-refractivity contribution in [2.45, 2.75) is 38.9 Å². The number of hydrogen-bond donors (Lipinski definition) is 0. The fraction of sp³-hybridized carbons (Fsp3) is 0.438. The summed E-state index contributed by atoms with van der Waals surface area (Å²) in [5.41, 5.74) is 0.485. The van der Waals surface area contributed by atoms with E-state index in [1.807, 2.05) is 6.92 Å². The third-order valence-electron chi connectivity index (χ3n) is 3.60. The van der Waals surface area contributed by atoms with E-state index in [9.17, 15) is 4.79 Å². The van der Waals surface area contributed by atoms with E-state index < -0.39 is 8.07 Å². The summed E-state index contributed by atoms with van der Waals surface area (Å²) in [6.45, 7) is 8.77. The van der Waals surface area contributed by atoms with E-state index in [0.717, 1.165) is 6.42 Å². The largest absolute Gasteiger partial charge is 0.466 e. The smallest absolute Gasteiger partial charge is 0.302 e. The Morgan fingerprint density at radius 2 is 1.95 bits per heavy atom. The van der Waals surface area contributed by atoms with Gasteiger partial charge in [-0.05, 0) is 18.9 Å². The molecular weight excluding hydrogens is 252 g/mol. The monoisotopic (exact) mass is 276 g/mol. The summed E-state index contributed by atoms with van der Waals surface area (Å²) in [5.74, 6) is -0.196. The van der Waals surface area contributed by atoms with Crippen LogP contribution in [0.1, 0.15) is 20.3 Å². The van der Waals surface area contributed by atoms with Crippen LogP contribution in [0.15, 0.2) is 42.5 Å². The molecule has 3 heteroatoms. The Balaban J connectivity index is 2.82. The SMILES string of the molecule is C/C=C/[C@H](CCOC(C)=O)[Si](C)(C)c1ccccc1. The maximum atomic E-state index is 10.9. The number of rotatable bonds is 6. The second kappa shape index (κ2) is 7.29. The third kappa shape index (κ3) is 4.67. The van der Waals surface area contributed by atoms with Crippen molar-refractivity contribution >= 4 is 19.2 Å². The molecule has 1 aromatic rings. The zero-order valence-corrected chi connectivity index (χ0v) is 13.3. The molecular formula is C16H24O2Si. The second-order valence-corrected chi connectivity index (χ2v) is 10.1. The Bertz CT molecular complexity index is 424. The summed E-state index contributed by atoms with van der Waals surface area (Å²) in [6.07, 6.45) is 5.27. The van der Waals surface area contributed by atoms with Gasteiger partial charge < -0.3 is 4.74 Å². The number of hydrogen-bond acceptors (Lipinski definition) is 2. The molecule has 1 atom stereocenters. The highest BCUT2D eigenvalue weighted by molar-refractivity contribution is 6.91. The summed E-state index contributed by atoms with van der Waals surface area (Å²) >= 11 is 0. The lowest BCUT2D eigenvalue weighted by atomic mass is 10.3. The number of esters is 1. The quantitative estimate of drug-likeness (QED) is 0.451. The lowest BCUT2D eigenvalue weighted by Crippen LogP contribution is -2.45. The first-order chi connectivity index (χ1) is 8.98. The van der Waals surface area contributed by atoms with Crippen molar-refractivity contribution in [2.75, 3.05) is 6.61 Å². The molecule has 0 unspecified atom stereocenters. The topological polar surface area (TPSA) is 26.3 Å². The first-order valence-corrected chi connectivity index (χ1v) is 9.88. The first kappa shape index (κ1) is 15.7. The molecule has 0 aliphatic carbocycles. The molecule has 0 saturated heterocycles. The molecule has 19 heavy (non-hydrogen) atoms. The van der Waals surface area contributed by atoms with Crippen molar-refractivity contribution in [3.05, 3.63) is 42.5 Å². The van der Waals surface area contributed by atoms with Gasteiger partial charge in [0.2, 0.25) is 0 Å². The van der Waals surface area contributed by atoms with E-state index in [-0.39, 0.29) is 5.97 Å². The van der Waals surface area contributed by atoms with Gasteiger partial charge in [-0.3, -0.25) is 4.79 Å². The van der Waals surface area contributed by atoms with Gasteiger partial charge in [0.05, 0.1) is 14.7 Å². The van der Waals surface area contributed by atoms with Gasteiger partial charge in [-0.25, -0.2) is 0 Å². The maximum absolute atomic E-state index is 10.9. The molecule has 1 aromatic carbocycles. The minimum Gasteiger partial charge on any atom is -0.466 e. The van der Waals surface area contributed by atoms with E-state index >= 15 is 0 Å². The summed E-state index contributed by atoms with van der Waals surface area (Å²) in [5, 5.41) is 1.45. The number of benzene rings is 1. The summed E-state index contributed by atoms with van der Waals surface area (Å²) < 4.78 is 5.10. The minimum absolute atomic E-state index is 0.196. The summed E-state index contributed by atoms with van der Waals surface area (Å²) in [7, 11) is -1.58. The highest BCUT2D eigenvalue weighted by atomic mass is 28.3. The van der Waals surface area contributed by atoms with Crippen LogP contribution in [0.3, 0.4) is 0 Å². The van der Waals surface area contributed by atoms with Gasteiger partial charge in [-0.1, -0.05) is 60.8 Å². The minimum atomic E-state index is -1.58. The molecule has 2 nitrogen and oxygen atoms in total. The number of carbonyl (C=O) groups is 1. The predicted molar refractivity (Wildman–Crippen MR) is 83.4 cm³/mol. The number of carbonyl (C=O) groups excluding carboxylic acids is 1. The van der Waals surface area contributed by atoms with Crippen LogP contribution in [0.2, 0.25) is 18.6 Å². The fourth-order valence-electron chi connectivity index (χ4n) is 2.34. The lowest BCUT2D eigenvalue weighted by Gasteiger charge is -2.31. The van der Waals surface area contributed by atoms with E-state index in [2.05, 4.69) is 55.6 Å². The highest BCUT2D eigenvalue weighted by Crippen LogP contribution is 2.27. The van der Waals surface area contributed by atoms with Crippen LogP contribution in [-0.4, -0.2) is 20.7 Å². The molecule has 0 amide bonds. The summed E-state index contributed by atoms with van der Waals surface area (Å²) in [4.78, 5) is 10.9. The van der Waals surface area contributed by atoms with E-state index in [1.165, 1.54) is 12.1 Å². The molecule has 0 aliphatic heterocycles. The van der Waals surface area contributed by atoms with Crippen LogP contribution in [0.5, 0.6) is 0 Å². The van der Waals surface area contributed by atoms with Gasteiger partial charge in [0.15, 0.2) is 0 Å². The molecule has 0 aliphatic rings. The number of ether oxygens (including phenoxy) is 1. The Kier molecular flexibility index (Phi) is 6.02. The Morgan fingerprint density at radius 3 is 2.47 bits per heavy atom. The van der Waals surface area contributed by atoms with Crippen LogP contribution >= 0.6 is 0 Å². The van der Waals surface area contributed by atoms with Gasteiger partial charge >= 0.3 is 5.97 Å². The first-order valence-electron chi connectivity index (χ1n) is 6.80.